The molecule has 0 radical (unpaired) electrons. The minimum absolute atomic E-state index is 0.0137. The highest BCUT2D eigenvalue weighted by Crippen LogP contribution is 2.27. The molecule has 8 heteroatoms. The smallest absolute Gasteiger partial charge is 0.306 e. The minimum Gasteiger partial charge on any atom is -0.481 e. The Labute approximate surface area is 188 Å². The Hall–Kier alpha value is -1.67. The van der Waals surface area contributed by atoms with E-state index < -0.39 is 29.6 Å². The topological polar surface area (TPSA) is 99.2 Å². The molecule has 0 unspecified atom stereocenters. The van der Waals surface area contributed by atoms with Crippen LogP contribution >= 0.6 is 0 Å². The lowest BCUT2D eigenvalue weighted by molar-refractivity contribution is -0.149. The van der Waals surface area contributed by atoms with Crippen molar-refractivity contribution in [3.05, 3.63) is 0 Å². The number of methoxy groups -OCH3 is 1. The first kappa shape index (κ1) is 29.3. The van der Waals surface area contributed by atoms with Gasteiger partial charge in [-0.3, -0.25) is 19.3 Å². The van der Waals surface area contributed by atoms with E-state index in [1.54, 1.807) is 11.9 Å². The molecule has 0 aromatic rings. The fraction of sp³-hybridized carbons (Fsp3) is 0.870. The van der Waals surface area contributed by atoms with Gasteiger partial charge in [-0.15, -0.1) is 0 Å². The number of nitrogens with zero attached hydrogens (tertiary/aromatic N) is 2. The number of carboxylic acids is 1. The van der Waals surface area contributed by atoms with E-state index in [-0.39, 0.29) is 36.1 Å². The van der Waals surface area contributed by atoms with Crippen molar-refractivity contribution in [3.8, 4) is 0 Å². The number of nitrogens with one attached hydrogen (secondary N) is 1. The zero-order valence-electron chi connectivity index (χ0n) is 21.4. The maximum atomic E-state index is 13.7. The number of carboxylic acid groups (broad SMARTS) is 1. The molecule has 0 bridgehead atoms. The summed E-state index contributed by atoms with van der Waals surface area (Å²) in [6.07, 6.45) is -0.0984. The lowest BCUT2D eigenvalue weighted by Crippen LogP contribution is -2.61. The molecular weight excluding hydrogens is 398 g/mol. The fourth-order valence-corrected chi connectivity index (χ4v) is 4.12. The van der Waals surface area contributed by atoms with Gasteiger partial charge in [0.15, 0.2) is 0 Å². The van der Waals surface area contributed by atoms with Crippen LogP contribution < -0.4 is 5.32 Å². The standard InChI is InChI=1S/C23H45N3O5/c1-12-15(4)19(16(31-11)13-17(27)28)26(10)22(30)20(23(5,6)7)24-21(29)18(14(2)3)25(8)9/h14-16,18-20H,12-13H2,1-11H3,(H,24,29)(H,27,28)/t15-,16+,18-,19-,20+/m0/s1. The summed E-state index contributed by atoms with van der Waals surface area (Å²) in [5.41, 5.74) is -0.537. The first-order chi connectivity index (χ1) is 14.1. The van der Waals surface area contributed by atoms with Gasteiger partial charge in [-0.05, 0) is 31.3 Å². The number of ether oxygens (including phenoxy) is 1. The molecule has 0 aliphatic carbocycles. The molecule has 0 aliphatic rings. The molecule has 0 aliphatic heterocycles. The molecule has 8 nitrogen and oxygen atoms in total. The number of aliphatic carboxylic acids is 1. The Morgan fingerprint density at radius 2 is 1.58 bits per heavy atom. The Morgan fingerprint density at radius 1 is 1.06 bits per heavy atom. The molecule has 2 N–H and O–H groups in total. The van der Waals surface area contributed by atoms with Crippen LogP contribution in [0.4, 0.5) is 0 Å². The summed E-state index contributed by atoms with van der Waals surface area (Å²) in [6.45, 7) is 13.6. The van der Waals surface area contributed by atoms with E-state index in [0.717, 1.165) is 6.42 Å². The average molecular weight is 444 g/mol. The number of carbonyl (C=O) groups excluding carboxylic acids is 2. The van der Waals surface area contributed by atoms with Gasteiger partial charge in [-0.1, -0.05) is 54.9 Å². The van der Waals surface area contributed by atoms with Crippen LogP contribution in [-0.4, -0.2) is 85.2 Å². The molecule has 0 aromatic heterocycles. The Bertz CT molecular complexity index is 593. The van der Waals surface area contributed by atoms with Gasteiger partial charge in [0.2, 0.25) is 11.8 Å². The van der Waals surface area contributed by atoms with E-state index in [9.17, 15) is 19.5 Å². The molecule has 0 fully saturated rings. The number of likely N-dealkylation sites (N-methyl/N-ethyl adjacent to an activating group) is 2. The van der Waals surface area contributed by atoms with E-state index in [1.165, 1.54) is 7.11 Å². The Kier molecular flexibility index (Phi) is 11.7. The fourth-order valence-electron chi connectivity index (χ4n) is 4.12. The second-order valence-corrected chi connectivity index (χ2v) is 10.2. The predicted molar refractivity (Wildman–Crippen MR) is 123 cm³/mol. The van der Waals surface area contributed by atoms with Crippen LogP contribution in [0, 0.1) is 17.3 Å². The number of amides is 2. The van der Waals surface area contributed by atoms with Crippen molar-refractivity contribution in [2.24, 2.45) is 17.3 Å². The summed E-state index contributed by atoms with van der Waals surface area (Å²) in [7, 11) is 6.83. The minimum atomic E-state index is -0.979. The maximum Gasteiger partial charge on any atom is 0.306 e. The van der Waals surface area contributed by atoms with Crippen LogP contribution in [0.25, 0.3) is 0 Å². The summed E-state index contributed by atoms with van der Waals surface area (Å²) in [4.78, 5) is 41.5. The molecule has 0 heterocycles. The zero-order valence-corrected chi connectivity index (χ0v) is 21.4. The van der Waals surface area contributed by atoms with Crippen LogP contribution in [0.5, 0.6) is 0 Å². The number of hydrogen-bond donors (Lipinski definition) is 2. The summed E-state index contributed by atoms with van der Waals surface area (Å²) in [5.74, 6) is -1.34. The van der Waals surface area contributed by atoms with Gasteiger partial charge in [0, 0.05) is 14.2 Å². The summed E-state index contributed by atoms with van der Waals surface area (Å²) in [5, 5.41) is 12.3. The van der Waals surface area contributed by atoms with Crippen molar-refractivity contribution in [2.45, 2.75) is 85.5 Å². The van der Waals surface area contributed by atoms with Gasteiger partial charge in [0.1, 0.15) is 6.04 Å². The van der Waals surface area contributed by atoms with Crippen molar-refractivity contribution < 1.29 is 24.2 Å². The van der Waals surface area contributed by atoms with E-state index in [4.69, 9.17) is 4.74 Å². The lowest BCUT2D eigenvalue weighted by Gasteiger charge is -2.42. The quantitative estimate of drug-likeness (QED) is 0.481. The lowest BCUT2D eigenvalue weighted by atomic mass is 9.83. The van der Waals surface area contributed by atoms with Gasteiger partial charge in [-0.25, -0.2) is 0 Å². The van der Waals surface area contributed by atoms with Crippen LogP contribution in [0.2, 0.25) is 0 Å². The van der Waals surface area contributed by atoms with Crippen molar-refractivity contribution in [1.29, 1.82) is 0 Å². The monoisotopic (exact) mass is 443 g/mol. The third-order valence-electron chi connectivity index (χ3n) is 5.94. The molecular formula is C23H45N3O5. The SMILES string of the molecule is CC[C@H](C)[C@@H]([C@@H](CC(=O)O)OC)N(C)C(=O)[C@@H](NC(=O)[C@H](C(C)C)N(C)C)C(C)(C)C. The first-order valence-electron chi connectivity index (χ1n) is 11.1. The van der Waals surface area contributed by atoms with Crippen molar-refractivity contribution in [2.75, 3.05) is 28.3 Å². The highest BCUT2D eigenvalue weighted by atomic mass is 16.5. The third-order valence-corrected chi connectivity index (χ3v) is 5.94. The first-order valence-corrected chi connectivity index (χ1v) is 11.1. The van der Waals surface area contributed by atoms with E-state index in [2.05, 4.69) is 5.32 Å². The van der Waals surface area contributed by atoms with Crippen LogP contribution in [0.15, 0.2) is 0 Å². The highest BCUT2D eigenvalue weighted by molar-refractivity contribution is 5.90. The summed E-state index contributed by atoms with van der Waals surface area (Å²) < 4.78 is 5.50. The number of rotatable bonds is 12. The Balaban J connectivity index is 6.01. The van der Waals surface area contributed by atoms with Crippen molar-refractivity contribution in [1.82, 2.24) is 15.1 Å². The average Bonchev–Trinajstić information content (AvgIpc) is 2.62. The van der Waals surface area contributed by atoms with Crippen LogP contribution in [0.3, 0.4) is 0 Å². The molecule has 0 rings (SSSR count). The highest BCUT2D eigenvalue weighted by Gasteiger charge is 2.41. The molecule has 5 atom stereocenters. The molecule has 0 saturated heterocycles. The number of hydrogen-bond acceptors (Lipinski definition) is 5. The predicted octanol–water partition coefficient (Wildman–Crippen LogP) is 2.47. The molecule has 0 saturated carbocycles. The van der Waals surface area contributed by atoms with Gasteiger partial charge in [-0.2, -0.15) is 0 Å². The second-order valence-electron chi connectivity index (χ2n) is 10.2. The van der Waals surface area contributed by atoms with Crippen molar-refractivity contribution in [3.63, 3.8) is 0 Å². The molecule has 31 heavy (non-hydrogen) atoms. The second kappa shape index (κ2) is 12.4. The summed E-state index contributed by atoms with van der Waals surface area (Å²) >= 11 is 0. The van der Waals surface area contributed by atoms with Crippen LogP contribution in [-0.2, 0) is 19.1 Å². The van der Waals surface area contributed by atoms with Crippen LogP contribution in [0.1, 0.15) is 61.3 Å². The van der Waals surface area contributed by atoms with E-state index in [1.807, 2.05) is 67.5 Å². The van der Waals surface area contributed by atoms with Gasteiger partial charge < -0.3 is 20.1 Å². The zero-order chi connectivity index (χ0) is 24.7. The maximum absolute atomic E-state index is 13.7. The van der Waals surface area contributed by atoms with Gasteiger partial charge >= 0.3 is 5.97 Å². The van der Waals surface area contributed by atoms with Gasteiger partial charge in [0.25, 0.3) is 0 Å². The molecule has 182 valence electrons. The third kappa shape index (κ3) is 8.41. The molecule has 0 spiro atoms. The largest absolute Gasteiger partial charge is 0.481 e. The van der Waals surface area contributed by atoms with Crippen molar-refractivity contribution >= 4 is 17.8 Å². The van der Waals surface area contributed by atoms with E-state index in [0.29, 0.717) is 0 Å². The summed E-state index contributed by atoms with van der Waals surface area (Å²) in [6, 6.07) is -1.57. The van der Waals surface area contributed by atoms with Gasteiger partial charge in [0.05, 0.1) is 24.6 Å². The molecule has 2 amide bonds. The Morgan fingerprint density at radius 3 is 1.90 bits per heavy atom. The van der Waals surface area contributed by atoms with E-state index >= 15 is 0 Å². The normalized spacial score (nSPS) is 17.1. The number of carbonyl (C=O) groups is 3. The molecule has 0 aromatic carbocycles.